The van der Waals surface area contributed by atoms with Crippen molar-refractivity contribution in [2.24, 2.45) is 11.5 Å². The fraction of sp³-hybridized carbons (Fsp3) is 0.786. The van der Waals surface area contributed by atoms with E-state index in [1.807, 2.05) is 0 Å². The predicted octanol–water partition coefficient (Wildman–Crippen LogP) is -1.71. The van der Waals surface area contributed by atoms with Crippen LogP contribution in [0.3, 0.4) is 0 Å². The average Bonchev–Trinajstić information content (AvgIpc) is 2.50. The number of carboxylic acid groups (broad SMARTS) is 1. The van der Waals surface area contributed by atoms with Gasteiger partial charge < -0.3 is 27.2 Å². The van der Waals surface area contributed by atoms with Gasteiger partial charge in [0.1, 0.15) is 12.1 Å². The minimum atomic E-state index is -1.14. The number of carboxylic acids is 1. The first-order chi connectivity index (χ1) is 11.2. The van der Waals surface area contributed by atoms with Gasteiger partial charge in [0.25, 0.3) is 0 Å². The van der Waals surface area contributed by atoms with Gasteiger partial charge in [0, 0.05) is 22.8 Å². The molecule has 0 bridgehead atoms. The van der Waals surface area contributed by atoms with Crippen molar-refractivity contribution < 1.29 is 23.7 Å². The number of hydrogen-bond donors (Lipinski definition) is 5. The monoisotopic (exact) mass is 364 g/mol. The summed E-state index contributed by atoms with van der Waals surface area (Å²) in [6.45, 7) is 1.89. The molecule has 7 N–H and O–H groups in total. The Kier molecular flexibility index (Phi) is 11.2. The van der Waals surface area contributed by atoms with Gasteiger partial charge in [-0.25, -0.2) is 4.79 Å². The molecule has 0 fully saturated rings. The third-order valence-corrected chi connectivity index (χ3v) is 4.18. The second-order valence-electron chi connectivity index (χ2n) is 5.59. The SMILES string of the molecule is CC(NC(=O)C(N)CCS(C)=O)C(=O)NC(CCCCN)C(=O)O. The third-order valence-electron chi connectivity index (χ3n) is 3.37. The highest BCUT2D eigenvalue weighted by Gasteiger charge is 2.24. The molecular weight excluding hydrogens is 336 g/mol. The van der Waals surface area contributed by atoms with Crippen molar-refractivity contribution in [1.29, 1.82) is 0 Å². The fourth-order valence-electron chi connectivity index (χ4n) is 1.86. The summed E-state index contributed by atoms with van der Waals surface area (Å²) in [6, 6.07) is -2.82. The number of aliphatic carboxylic acids is 1. The van der Waals surface area contributed by atoms with E-state index in [4.69, 9.17) is 16.6 Å². The quantitative estimate of drug-likeness (QED) is 0.257. The number of amides is 2. The van der Waals surface area contributed by atoms with Crippen LogP contribution in [0.4, 0.5) is 0 Å². The van der Waals surface area contributed by atoms with Crippen LogP contribution in [-0.4, -0.2) is 63.8 Å². The van der Waals surface area contributed by atoms with Gasteiger partial charge in [-0.05, 0) is 39.2 Å². The van der Waals surface area contributed by atoms with Gasteiger partial charge in [-0.15, -0.1) is 0 Å². The van der Waals surface area contributed by atoms with Crippen LogP contribution in [-0.2, 0) is 25.2 Å². The Morgan fingerprint density at radius 2 is 1.75 bits per heavy atom. The summed E-state index contributed by atoms with van der Waals surface area (Å²) >= 11 is 0. The Bertz CT molecular complexity index is 460. The number of hydrogen-bond acceptors (Lipinski definition) is 6. The normalized spacial score (nSPS) is 15.8. The Balaban J connectivity index is 4.44. The maximum atomic E-state index is 12.0. The van der Waals surface area contributed by atoms with E-state index in [9.17, 15) is 18.6 Å². The zero-order chi connectivity index (χ0) is 18.7. The molecule has 0 heterocycles. The molecule has 4 atom stereocenters. The van der Waals surface area contributed by atoms with Crippen LogP contribution in [0.5, 0.6) is 0 Å². The largest absolute Gasteiger partial charge is 0.480 e. The van der Waals surface area contributed by atoms with Crippen LogP contribution in [0.1, 0.15) is 32.6 Å². The van der Waals surface area contributed by atoms with Crippen LogP contribution < -0.4 is 22.1 Å². The lowest BCUT2D eigenvalue weighted by Gasteiger charge is -2.20. The lowest BCUT2D eigenvalue weighted by atomic mass is 10.1. The number of nitrogens with two attached hydrogens (primary N) is 2. The fourth-order valence-corrected chi connectivity index (χ4v) is 2.44. The molecule has 0 radical (unpaired) electrons. The lowest BCUT2D eigenvalue weighted by molar-refractivity contribution is -0.142. The third kappa shape index (κ3) is 9.58. The molecule has 0 aliphatic carbocycles. The summed E-state index contributed by atoms with van der Waals surface area (Å²) in [5, 5.41) is 13.9. The van der Waals surface area contributed by atoms with Crippen LogP contribution in [0, 0.1) is 0 Å². The van der Waals surface area contributed by atoms with Gasteiger partial charge in [-0.1, -0.05) is 0 Å². The first kappa shape index (κ1) is 22.5. The van der Waals surface area contributed by atoms with E-state index in [1.165, 1.54) is 13.2 Å². The molecule has 0 rings (SSSR count). The summed E-state index contributed by atoms with van der Waals surface area (Å²) in [6.07, 6.45) is 3.26. The van der Waals surface area contributed by atoms with Crippen LogP contribution in [0.15, 0.2) is 0 Å². The molecule has 0 aliphatic heterocycles. The van der Waals surface area contributed by atoms with E-state index in [1.54, 1.807) is 0 Å². The van der Waals surface area contributed by atoms with Crippen molar-refractivity contribution in [2.45, 2.75) is 50.7 Å². The minimum absolute atomic E-state index is 0.236. The zero-order valence-corrected chi connectivity index (χ0v) is 14.9. The van der Waals surface area contributed by atoms with E-state index in [0.717, 1.165) is 0 Å². The molecule has 0 saturated heterocycles. The lowest BCUT2D eigenvalue weighted by Crippen LogP contribution is -2.53. The van der Waals surface area contributed by atoms with Gasteiger partial charge >= 0.3 is 5.97 Å². The first-order valence-electron chi connectivity index (χ1n) is 7.78. The highest BCUT2D eigenvalue weighted by atomic mass is 32.2. The standard InChI is InChI=1S/C14H28N4O5S/c1-9(17-13(20)10(16)6-8-24(2)23)12(19)18-11(14(21)22)5-3-4-7-15/h9-11H,3-8,15-16H2,1-2H3,(H,17,20)(H,18,19)(H,21,22). The van der Waals surface area contributed by atoms with Crippen molar-refractivity contribution >= 4 is 28.6 Å². The Hall–Kier alpha value is -1.52. The second kappa shape index (κ2) is 11.9. The molecule has 10 heteroatoms. The Morgan fingerprint density at radius 3 is 2.25 bits per heavy atom. The van der Waals surface area contributed by atoms with Crippen molar-refractivity contribution in [3.63, 3.8) is 0 Å². The first-order valence-corrected chi connectivity index (χ1v) is 9.51. The maximum Gasteiger partial charge on any atom is 0.326 e. The van der Waals surface area contributed by atoms with Crippen LogP contribution >= 0.6 is 0 Å². The van der Waals surface area contributed by atoms with Crippen molar-refractivity contribution in [1.82, 2.24) is 10.6 Å². The highest BCUT2D eigenvalue weighted by molar-refractivity contribution is 7.84. The van der Waals surface area contributed by atoms with Crippen LogP contribution in [0.2, 0.25) is 0 Å². The summed E-state index contributed by atoms with van der Waals surface area (Å²) in [4.78, 5) is 35.0. The Labute approximate surface area is 144 Å². The summed E-state index contributed by atoms with van der Waals surface area (Å²) < 4.78 is 11.0. The topological polar surface area (TPSA) is 165 Å². The number of unbranched alkanes of at least 4 members (excludes halogenated alkanes) is 1. The van der Waals surface area contributed by atoms with Crippen molar-refractivity contribution in [3.8, 4) is 0 Å². The van der Waals surface area contributed by atoms with E-state index >= 15 is 0 Å². The molecule has 24 heavy (non-hydrogen) atoms. The van der Waals surface area contributed by atoms with Crippen molar-refractivity contribution in [3.05, 3.63) is 0 Å². The summed E-state index contributed by atoms with van der Waals surface area (Å²) in [5.74, 6) is -1.99. The molecule has 0 aromatic heterocycles. The molecule has 0 spiro atoms. The second-order valence-corrected chi connectivity index (χ2v) is 7.14. The molecule has 0 saturated carbocycles. The van der Waals surface area contributed by atoms with E-state index < -0.39 is 46.7 Å². The highest BCUT2D eigenvalue weighted by Crippen LogP contribution is 2.02. The van der Waals surface area contributed by atoms with Crippen LogP contribution in [0.25, 0.3) is 0 Å². The molecule has 0 aromatic rings. The smallest absolute Gasteiger partial charge is 0.326 e. The van der Waals surface area contributed by atoms with Gasteiger partial charge in [0.15, 0.2) is 0 Å². The number of nitrogens with one attached hydrogen (secondary N) is 2. The predicted molar refractivity (Wildman–Crippen MR) is 91.6 cm³/mol. The summed E-state index contributed by atoms with van der Waals surface area (Å²) in [5.41, 5.74) is 11.0. The summed E-state index contributed by atoms with van der Waals surface area (Å²) in [7, 11) is -1.05. The van der Waals surface area contributed by atoms with E-state index in [2.05, 4.69) is 10.6 Å². The molecule has 4 unspecified atom stereocenters. The molecule has 9 nitrogen and oxygen atoms in total. The number of carbonyl (C=O) groups excluding carboxylic acids is 2. The van der Waals surface area contributed by atoms with E-state index in [0.29, 0.717) is 19.4 Å². The number of rotatable bonds is 12. The molecule has 2 amide bonds. The van der Waals surface area contributed by atoms with Gasteiger partial charge in [0.2, 0.25) is 11.8 Å². The van der Waals surface area contributed by atoms with Gasteiger partial charge in [-0.3, -0.25) is 13.8 Å². The zero-order valence-electron chi connectivity index (χ0n) is 14.1. The number of carbonyl (C=O) groups is 3. The molecule has 0 aliphatic rings. The van der Waals surface area contributed by atoms with Crippen molar-refractivity contribution in [2.75, 3.05) is 18.6 Å². The maximum absolute atomic E-state index is 12.0. The molecular formula is C14H28N4O5S. The average molecular weight is 364 g/mol. The van der Waals surface area contributed by atoms with Gasteiger partial charge in [-0.2, -0.15) is 0 Å². The molecule has 140 valence electrons. The minimum Gasteiger partial charge on any atom is -0.480 e. The molecule has 0 aromatic carbocycles. The van der Waals surface area contributed by atoms with E-state index in [-0.39, 0.29) is 18.6 Å². The van der Waals surface area contributed by atoms with Gasteiger partial charge in [0.05, 0.1) is 6.04 Å². The Morgan fingerprint density at radius 1 is 1.12 bits per heavy atom.